The molecule has 1 N–H and O–H groups in total. The number of hydrogen-bond donors (Lipinski definition) is 1. The van der Waals surface area contributed by atoms with Gasteiger partial charge < -0.3 is 10.2 Å². The summed E-state index contributed by atoms with van der Waals surface area (Å²) in [7, 11) is 0. The van der Waals surface area contributed by atoms with Crippen molar-refractivity contribution in [2.24, 2.45) is 0 Å². The van der Waals surface area contributed by atoms with Gasteiger partial charge in [0, 0.05) is 56.4 Å². The molecule has 1 amide bonds. The molecular formula is C22H26FN5OS. The van der Waals surface area contributed by atoms with Crippen molar-refractivity contribution in [2.45, 2.75) is 39.2 Å². The van der Waals surface area contributed by atoms with Gasteiger partial charge in [-0.2, -0.15) is 4.37 Å². The van der Waals surface area contributed by atoms with Crippen LogP contribution in [0.15, 0.2) is 48.8 Å². The number of unbranched alkanes of at least 4 members (excludes halogenated alkanes) is 1. The Balaban J connectivity index is 1.55. The van der Waals surface area contributed by atoms with Gasteiger partial charge >= 0.3 is 0 Å². The van der Waals surface area contributed by atoms with Gasteiger partial charge in [0.15, 0.2) is 0 Å². The number of aromatic nitrogens is 3. The summed E-state index contributed by atoms with van der Waals surface area (Å²) in [6.07, 6.45) is 6.46. The van der Waals surface area contributed by atoms with Gasteiger partial charge in [0.1, 0.15) is 11.6 Å². The highest BCUT2D eigenvalue weighted by atomic mass is 32.1. The Hall–Kier alpha value is -2.87. The van der Waals surface area contributed by atoms with Gasteiger partial charge in [-0.05, 0) is 41.8 Å². The maximum atomic E-state index is 13.1. The van der Waals surface area contributed by atoms with Crippen LogP contribution in [-0.2, 0) is 17.8 Å². The molecule has 8 heteroatoms. The summed E-state index contributed by atoms with van der Waals surface area (Å²) in [5.41, 5.74) is 1.99. The maximum absolute atomic E-state index is 13.1. The van der Waals surface area contributed by atoms with E-state index in [1.54, 1.807) is 24.5 Å². The fourth-order valence-electron chi connectivity index (χ4n) is 2.91. The molecule has 6 nitrogen and oxygen atoms in total. The summed E-state index contributed by atoms with van der Waals surface area (Å²) in [6, 6.07) is 10.2. The summed E-state index contributed by atoms with van der Waals surface area (Å²) >= 11 is 1.34. The molecular weight excluding hydrogens is 401 g/mol. The van der Waals surface area contributed by atoms with Gasteiger partial charge in [0.2, 0.25) is 11.0 Å². The van der Waals surface area contributed by atoms with E-state index < -0.39 is 0 Å². The molecule has 2 aromatic heterocycles. The SMILES string of the molecule is CCCCN(CCC(=O)NCc1ccncc1)c1nc(Cc2ccc(F)cc2)ns1. The van der Waals surface area contributed by atoms with E-state index in [9.17, 15) is 9.18 Å². The standard InChI is InChI=1S/C22H26FN5OS/c1-2-3-13-28(14-10-21(29)25-16-18-8-11-24-12-9-18)22-26-20(27-30-22)15-17-4-6-19(23)7-5-17/h4-9,11-12H,2-3,10,13-16H2,1H3,(H,25,29). The Bertz CT molecular complexity index is 917. The quantitative estimate of drug-likeness (QED) is 0.501. The highest BCUT2D eigenvalue weighted by molar-refractivity contribution is 7.09. The minimum Gasteiger partial charge on any atom is -0.352 e. The van der Waals surface area contributed by atoms with E-state index >= 15 is 0 Å². The van der Waals surface area contributed by atoms with Crippen LogP contribution in [0, 0.1) is 5.82 Å². The molecule has 30 heavy (non-hydrogen) atoms. The Labute approximate surface area is 180 Å². The van der Waals surface area contributed by atoms with Crippen LogP contribution in [0.25, 0.3) is 0 Å². The van der Waals surface area contributed by atoms with Gasteiger partial charge in [-0.3, -0.25) is 9.78 Å². The van der Waals surface area contributed by atoms with Crippen molar-refractivity contribution >= 4 is 22.6 Å². The van der Waals surface area contributed by atoms with E-state index in [2.05, 4.69) is 31.5 Å². The van der Waals surface area contributed by atoms with Gasteiger partial charge in [-0.15, -0.1) is 0 Å². The topological polar surface area (TPSA) is 71.0 Å². The lowest BCUT2D eigenvalue weighted by molar-refractivity contribution is -0.121. The summed E-state index contributed by atoms with van der Waals surface area (Å²) in [6.45, 7) is 4.06. The molecule has 0 fully saturated rings. The number of amides is 1. The van der Waals surface area contributed by atoms with Crippen molar-refractivity contribution in [1.82, 2.24) is 19.7 Å². The van der Waals surface area contributed by atoms with Crippen LogP contribution in [0.4, 0.5) is 9.52 Å². The number of carbonyl (C=O) groups is 1. The van der Waals surface area contributed by atoms with Gasteiger partial charge in [-0.1, -0.05) is 25.5 Å². The van der Waals surface area contributed by atoms with E-state index in [-0.39, 0.29) is 11.7 Å². The van der Waals surface area contributed by atoms with Crippen LogP contribution in [0.5, 0.6) is 0 Å². The molecule has 0 aliphatic heterocycles. The van der Waals surface area contributed by atoms with Gasteiger partial charge in [0.25, 0.3) is 0 Å². The second-order valence-corrected chi connectivity index (χ2v) is 7.75. The fourth-order valence-corrected chi connectivity index (χ4v) is 3.64. The molecule has 0 saturated carbocycles. The number of pyridine rings is 1. The van der Waals surface area contributed by atoms with Crippen molar-refractivity contribution in [2.75, 3.05) is 18.0 Å². The third kappa shape index (κ3) is 6.88. The average molecular weight is 428 g/mol. The average Bonchev–Trinajstić information content (AvgIpc) is 3.23. The first-order valence-corrected chi connectivity index (χ1v) is 10.9. The van der Waals surface area contributed by atoms with Crippen LogP contribution in [0.3, 0.4) is 0 Å². The molecule has 0 aliphatic rings. The largest absolute Gasteiger partial charge is 0.352 e. The van der Waals surface area contributed by atoms with Crippen LogP contribution < -0.4 is 10.2 Å². The van der Waals surface area contributed by atoms with Gasteiger partial charge in [-0.25, -0.2) is 9.37 Å². The third-order valence-electron chi connectivity index (χ3n) is 4.63. The summed E-state index contributed by atoms with van der Waals surface area (Å²) in [5, 5.41) is 3.77. The van der Waals surface area contributed by atoms with Crippen molar-refractivity contribution in [3.05, 3.63) is 71.6 Å². The number of anilines is 1. The molecule has 0 bridgehead atoms. The van der Waals surface area contributed by atoms with Gasteiger partial charge in [0.05, 0.1) is 0 Å². The maximum Gasteiger partial charge on any atom is 0.222 e. The van der Waals surface area contributed by atoms with E-state index in [0.29, 0.717) is 31.8 Å². The Kier molecular flexibility index (Phi) is 8.26. The predicted molar refractivity (Wildman–Crippen MR) is 117 cm³/mol. The molecule has 2 heterocycles. The molecule has 0 saturated heterocycles. The number of nitrogens with zero attached hydrogens (tertiary/aromatic N) is 4. The van der Waals surface area contributed by atoms with Crippen molar-refractivity contribution < 1.29 is 9.18 Å². The monoisotopic (exact) mass is 427 g/mol. The van der Waals surface area contributed by atoms with Crippen LogP contribution in [0.1, 0.15) is 43.1 Å². The zero-order valence-corrected chi connectivity index (χ0v) is 17.9. The number of carbonyl (C=O) groups excluding carboxylic acids is 1. The van der Waals surface area contributed by atoms with Crippen LogP contribution in [-0.4, -0.2) is 33.3 Å². The second-order valence-electron chi connectivity index (χ2n) is 7.02. The lowest BCUT2D eigenvalue weighted by Crippen LogP contribution is -2.31. The van der Waals surface area contributed by atoms with E-state index in [1.165, 1.54) is 23.7 Å². The zero-order valence-electron chi connectivity index (χ0n) is 17.1. The van der Waals surface area contributed by atoms with Crippen molar-refractivity contribution in [3.8, 4) is 0 Å². The fraction of sp³-hybridized carbons (Fsp3) is 0.364. The summed E-state index contributed by atoms with van der Waals surface area (Å²) < 4.78 is 17.5. The first-order valence-electron chi connectivity index (χ1n) is 10.1. The molecule has 0 radical (unpaired) electrons. The summed E-state index contributed by atoms with van der Waals surface area (Å²) in [5.74, 6) is 0.466. The zero-order chi connectivity index (χ0) is 21.2. The smallest absolute Gasteiger partial charge is 0.222 e. The minimum atomic E-state index is -0.251. The third-order valence-corrected chi connectivity index (χ3v) is 5.45. The number of rotatable bonds is 11. The molecule has 0 aliphatic carbocycles. The molecule has 0 unspecified atom stereocenters. The van der Waals surface area contributed by atoms with Crippen LogP contribution >= 0.6 is 11.5 Å². The van der Waals surface area contributed by atoms with E-state index in [1.807, 2.05) is 12.1 Å². The Morgan fingerprint density at radius 1 is 1.10 bits per heavy atom. The number of halogens is 1. The Morgan fingerprint density at radius 2 is 1.87 bits per heavy atom. The molecule has 0 atom stereocenters. The number of hydrogen-bond acceptors (Lipinski definition) is 6. The Morgan fingerprint density at radius 3 is 2.60 bits per heavy atom. The van der Waals surface area contributed by atoms with E-state index in [4.69, 9.17) is 0 Å². The normalized spacial score (nSPS) is 10.7. The first kappa shape index (κ1) is 21.8. The van der Waals surface area contributed by atoms with Crippen molar-refractivity contribution in [3.63, 3.8) is 0 Å². The number of nitrogens with one attached hydrogen (secondary N) is 1. The second kappa shape index (κ2) is 11.3. The molecule has 3 rings (SSSR count). The first-order chi connectivity index (χ1) is 14.6. The molecule has 158 valence electrons. The predicted octanol–water partition coefficient (Wildman–Crippen LogP) is 3.98. The lowest BCUT2D eigenvalue weighted by Gasteiger charge is -2.20. The lowest BCUT2D eigenvalue weighted by atomic mass is 10.1. The molecule has 3 aromatic rings. The molecule has 1 aromatic carbocycles. The van der Waals surface area contributed by atoms with Crippen molar-refractivity contribution in [1.29, 1.82) is 0 Å². The minimum absolute atomic E-state index is 0.00404. The number of benzene rings is 1. The highest BCUT2D eigenvalue weighted by Crippen LogP contribution is 2.20. The van der Waals surface area contributed by atoms with Crippen LogP contribution in [0.2, 0.25) is 0 Å². The highest BCUT2D eigenvalue weighted by Gasteiger charge is 2.14. The molecule has 0 spiro atoms. The van der Waals surface area contributed by atoms with E-state index in [0.717, 1.165) is 35.6 Å². The summed E-state index contributed by atoms with van der Waals surface area (Å²) in [4.78, 5) is 23.0.